The molecule has 0 saturated carbocycles. The zero-order valence-electron chi connectivity index (χ0n) is 13.0. The SMILES string of the molecule is O=C(NCC1CCN(c2ncccn2)CC1)C(=O)Nc1ccon1. The van der Waals surface area contributed by atoms with Crippen molar-refractivity contribution in [3.8, 4) is 0 Å². The van der Waals surface area contributed by atoms with Crippen LogP contribution in [0.15, 0.2) is 35.3 Å². The van der Waals surface area contributed by atoms with E-state index in [1.165, 1.54) is 12.3 Å². The van der Waals surface area contributed by atoms with Crippen LogP contribution in [0.4, 0.5) is 11.8 Å². The fourth-order valence-corrected chi connectivity index (χ4v) is 2.56. The van der Waals surface area contributed by atoms with E-state index in [9.17, 15) is 9.59 Å². The maximum Gasteiger partial charge on any atom is 0.314 e. The smallest absolute Gasteiger partial charge is 0.314 e. The molecule has 9 heteroatoms. The van der Waals surface area contributed by atoms with Crippen molar-refractivity contribution in [1.82, 2.24) is 20.4 Å². The Morgan fingerprint density at radius 2 is 1.96 bits per heavy atom. The molecule has 2 aromatic rings. The molecule has 2 N–H and O–H groups in total. The van der Waals surface area contributed by atoms with Gasteiger partial charge in [0.05, 0.1) is 0 Å². The van der Waals surface area contributed by atoms with Gasteiger partial charge >= 0.3 is 11.8 Å². The quantitative estimate of drug-likeness (QED) is 0.782. The van der Waals surface area contributed by atoms with E-state index >= 15 is 0 Å². The lowest BCUT2D eigenvalue weighted by Crippen LogP contribution is -2.42. The van der Waals surface area contributed by atoms with Crippen molar-refractivity contribution < 1.29 is 14.1 Å². The molecular weight excluding hydrogens is 312 g/mol. The molecule has 0 spiro atoms. The van der Waals surface area contributed by atoms with Crippen LogP contribution in [0.3, 0.4) is 0 Å². The molecule has 126 valence electrons. The third kappa shape index (κ3) is 4.06. The van der Waals surface area contributed by atoms with Crippen LogP contribution in [0.25, 0.3) is 0 Å². The van der Waals surface area contributed by atoms with E-state index in [-0.39, 0.29) is 5.82 Å². The van der Waals surface area contributed by atoms with Crippen molar-refractivity contribution >= 4 is 23.6 Å². The lowest BCUT2D eigenvalue weighted by molar-refractivity contribution is -0.136. The predicted molar refractivity (Wildman–Crippen MR) is 85.1 cm³/mol. The van der Waals surface area contributed by atoms with Gasteiger partial charge in [-0.3, -0.25) is 14.9 Å². The van der Waals surface area contributed by atoms with Crippen LogP contribution in [-0.4, -0.2) is 46.6 Å². The highest BCUT2D eigenvalue weighted by molar-refractivity contribution is 6.39. The molecule has 3 heterocycles. The second-order valence-corrected chi connectivity index (χ2v) is 5.53. The van der Waals surface area contributed by atoms with Crippen LogP contribution in [0.2, 0.25) is 0 Å². The van der Waals surface area contributed by atoms with Crippen molar-refractivity contribution in [1.29, 1.82) is 0 Å². The molecule has 1 saturated heterocycles. The first-order valence-corrected chi connectivity index (χ1v) is 7.74. The highest BCUT2D eigenvalue weighted by atomic mass is 16.5. The lowest BCUT2D eigenvalue weighted by atomic mass is 9.97. The van der Waals surface area contributed by atoms with Crippen LogP contribution >= 0.6 is 0 Å². The Labute approximate surface area is 138 Å². The predicted octanol–water partition coefficient (Wildman–Crippen LogP) is 0.436. The van der Waals surface area contributed by atoms with Crippen LogP contribution in [0.5, 0.6) is 0 Å². The molecule has 9 nitrogen and oxygen atoms in total. The first kappa shape index (κ1) is 15.9. The Bertz CT molecular complexity index is 668. The van der Waals surface area contributed by atoms with E-state index in [0.29, 0.717) is 12.5 Å². The summed E-state index contributed by atoms with van der Waals surface area (Å²) in [6, 6.07) is 3.25. The van der Waals surface area contributed by atoms with Crippen molar-refractivity contribution in [3.63, 3.8) is 0 Å². The van der Waals surface area contributed by atoms with Gasteiger partial charge in [0.2, 0.25) is 5.95 Å². The molecule has 0 atom stereocenters. The Morgan fingerprint density at radius 3 is 2.62 bits per heavy atom. The normalized spacial score (nSPS) is 15.1. The van der Waals surface area contributed by atoms with Crippen LogP contribution < -0.4 is 15.5 Å². The Kier molecular flexibility index (Phi) is 4.99. The molecule has 1 fully saturated rings. The highest BCUT2D eigenvalue weighted by Crippen LogP contribution is 2.19. The van der Waals surface area contributed by atoms with Crippen LogP contribution in [0.1, 0.15) is 12.8 Å². The molecule has 0 radical (unpaired) electrons. The van der Waals surface area contributed by atoms with Gasteiger partial charge in [0.15, 0.2) is 5.82 Å². The average Bonchev–Trinajstić information content (AvgIpc) is 3.14. The topological polar surface area (TPSA) is 113 Å². The molecule has 0 bridgehead atoms. The maximum absolute atomic E-state index is 11.8. The van der Waals surface area contributed by atoms with Crippen molar-refractivity contribution in [2.24, 2.45) is 5.92 Å². The first-order chi connectivity index (χ1) is 11.7. The van der Waals surface area contributed by atoms with Gasteiger partial charge in [-0.25, -0.2) is 9.97 Å². The summed E-state index contributed by atoms with van der Waals surface area (Å²) < 4.78 is 4.59. The molecule has 1 aliphatic rings. The Hall–Kier alpha value is -2.97. The largest absolute Gasteiger partial charge is 0.363 e. The van der Waals surface area contributed by atoms with Crippen LogP contribution in [-0.2, 0) is 9.59 Å². The monoisotopic (exact) mass is 330 g/mol. The van der Waals surface area contributed by atoms with Gasteiger partial charge in [0.1, 0.15) is 6.26 Å². The van der Waals surface area contributed by atoms with E-state index < -0.39 is 11.8 Å². The third-order valence-electron chi connectivity index (χ3n) is 3.89. The van der Waals surface area contributed by atoms with Crippen LogP contribution in [0, 0.1) is 5.92 Å². The summed E-state index contributed by atoms with van der Waals surface area (Å²) in [4.78, 5) is 34.1. The molecule has 0 aromatic carbocycles. The number of hydrogen-bond donors (Lipinski definition) is 2. The highest BCUT2D eigenvalue weighted by Gasteiger charge is 2.22. The van der Waals surface area contributed by atoms with Gasteiger partial charge in [-0.1, -0.05) is 5.16 Å². The van der Waals surface area contributed by atoms with Gasteiger partial charge in [0.25, 0.3) is 0 Å². The Morgan fingerprint density at radius 1 is 1.21 bits per heavy atom. The summed E-state index contributed by atoms with van der Waals surface area (Å²) in [6.45, 7) is 2.12. The van der Waals surface area contributed by atoms with Crippen molar-refractivity contribution in [3.05, 3.63) is 30.8 Å². The number of nitrogens with one attached hydrogen (secondary N) is 2. The number of aromatic nitrogens is 3. The minimum atomic E-state index is -0.751. The maximum atomic E-state index is 11.8. The van der Waals surface area contributed by atoms with E-state index in [1.807, 2.05) is 0 Å². The summed E-state index contributed by atoms with van der Waals surface area (Å²) in [5, 5.41) is 8.54. The molecule has 0 unspecified atom stereocenters. The minimum Gasteiger partial charge on any atom is -0.363 e. The number of piperidine rings is 1. The molecule has 3 rings (SSSR count). The number of anilines is 2. The van der Waals surface area contributed by atoms with Crippen molar-refractivity contribution in [2.45, 2.75) is 12.8 Å². The third-order valence-corrected chi connectivity index (χ3v) is 3.89. The molecule has 2 amide bonds. The average molecular weight is 330 g/mol. The number of rotatable bonds is 4. The summed E-state index contributed by atoms with van der Waals surface area (Å²) in [7, 11) is 0. The van der Waals surface area contributed by atoms with Gasteiger partial charge in [-0.15, -0.1) is 0 Å². The summed E-state index contributed by atoms with van der Waals surface area (Å²) in [5.74, 6) is -0.155. The summed E-state index contributed by atoms with van der Waals surface area (Å²) in [6.07, 6.45) is 6.58. The molecule has 2 aromatic heterocycles. The molecule has 0 aliphatic carbocycles. The van der Waals surface area contributed by atoms with E-state index in [0.717, 1.165) is 31.9 Å². The van der Waals surface area contributed by atoms with E-state index in [1.54, 1.807) is 18.5 Å². The van der Waals surface area contributed by atoms with Gasteiger partial charge < -0.3 is 14.7 Å². The van der Waals surface area contributed by atoms with Crippen molar-refractivity contribution in [2.75, 3.05) is 29.9 Å². The Balaban J connectivity index is 1.40. The number of amides is 2. The summed E-state index contributed by atoms with van der Waals surface area (Å²) in [5.41, 5.74) is 0. The second kappa shape index (κ2) is 7.53. The molecule has 1 aliphatic heterocycles. The second-order valence-electron chi connectivity index (χ2n) is 5.53. The fourth-order valence-electron chi connectivity index (χ4n) is 2.56. The number of carbonyl (C=O) groups excluding carboxylic acids is 2. The van der Waals surface area contributed by atoms with Gasteiger partial charge in [-0.05, 0) is 24.8 Å². The lowest BCUT2D eigenvalue weighted by Gasteiger charge is -2.31. The van der Waals surface area contributed by atoms with E-state index in [2.05, 4.69) is 35.2 Å². The zero-order chi connectivity index (χ0) is 16.8. The zero-order valence-corrected chi connectivity index (χ0v) is 13.0. The van der Waals surface area contributed by atoms with E-state index in [4.69, 9.17) is 0 Å². The van der Waals surface area contributed by atoms with Gasteiger partial charge in [-0.2, -0.15) is 0 Å². The molecule has 24 heavy (non-hydrogen) atoms. The fraction of sp³-hybridized carbons (Fsp3) is 0.400. The van der Waals surface area contributed by atoms with Gasteiger partial charge in [0, 0.05) is 38.1 Å². The number of carbonyl (C=O) groups is 2. The minimum absolute atomic E-state index is 0.214. The summed E-state index contributed by atoms with van der Waals surface area (Å²) >= 11 is 0. The first-order valence-electron chi connectivity index (χ1n) is 7.74. The number of nitrogens with zero attached hydrogens (tertiary/aromatic N) is 4. The number of hydrogen-bond acceptors (Lipinski definition) is 7. The molecular formula is C15H18N6O3. The standard InChI is InChI=1S/C15H18N6O3/c22-13(14(23)19-12-4-9-24-20-12)18-10-11-2-7-21(8-3-11)15-16-5-1-6-17-15/h1,4-6,9,11H,2-3,7-8,10H2,(H,18,22)(H,19,20,23).